The zero-order chi connectivity index (χ0) is 43.0. The van der Waals surface area contributed by atoms with Gasteiger partial charge in [0.2, 0.25) is 39.5 Å². The van der Waals surface area contributed by atoms with E-state index in [2.05, 4.69) is 47.0 Å². The van der Waals surface area contributed by atoms with Crippen molar-refractivity contribution in [1.29, 1.82) is 0 Å². The summed E-state index contributed by atoms with van der Waals surface area (Å²) in [6, 6.07) is 11.6. The molecule has 318 valence electrons. The number of amides is 3. The molecule has 6 heterocycles. The van der Waals surface area contributed by atoms with Gasteiger partial charge < -0.3 is 14.8 Å². The molecule has 18 heteroatoms. The van der Waals surface area contributed by atoms with Gasteiger partial charge in [-0.2, -0.15) is 0 Å². The number of imide groups is 1. The van der Waals surface area contributed by atoms with Crippen molar-refractivity contribution in [3.05, 3.63) is 101 Å². The van der Waals surface area contributed by atoms with E-state index in [1.54, 1.807) is 24.7 Å². The van der Waals surface area contributed by atoms with Gasteiger partial charge in [-0.3, -0.25) is 34.1 Å². The number of anilines is 2. The molecule has 0 bridgehead atoms. The number of halogens is 2. The molecule has 0 saturated carbocycles. The number of hydrogen-bond donors (Lipinski definition) is 3. The van der Waals surface area contributed by atoms with Gasteiger partial charge in [-0.25, -0.2) is 32.2 Å². The minimum absolute atomic E-state index is 0.0592. The molecular formula is C43H45F2N9O6S. The molecule has 0 spiro atoms. The van der Waals surface area contributed by atoms with E-state index >= 15 is 4.39 Å². The number of aromatic nitrogens is 4. The number of piperazine rings is 1. The van der Waals surface area contributed by atoms with Crippen molar-refractivity contribution >= 4 is 56.2 Å². The Morgan fingerprint density at radius 1 is 0.869 bits per heavy atom. The normalized spacial score (nSPS) is 18.1. The van der Waals surface area contributed by atoms with E-state index in [1.807, 2.05) is 21.9 Å². The van der Waals surface area contributed by atoms with Gasteiger partial charge >= 0.3 is 0 Å². The van der Waals surface area contributed by atoms with Gasteiger partial charge in [0.05, 0.1) is 29.0 Å². The summed E-state index contributed by atoms with van der Waals surface area (Å²) in [5.41, 5.74) is 2.08. The van der Waals surface area contributed by atoms with Crippen LogP contribution in [0.2, 0.25) is 0 Å². The Bertz CT molecular complexity index is 2610. The number of ketones is 1. The van der Waals surface area contributed by atoms with Crippen molar-refractivity contribution in [1.82, 2.24) is 35.1 Å². The van der Waals surface area contributed by atoms with Gasteiger partial charge in [0.25, 0.3) is 0 Å². The van der Waals surface area contributed by atoms with Crippen LogP contribution in [0.4, 0.5) is 20.4 Å². The third-order valence-electron chi connectivity index (χ3n) is 11.8. The monoisotopic (exact) mass is 853 g/mol. The summed E-state index contributed by atoms with van der Waals surface area (Å²) < 4.78 is 57.3. The summed E-state index contributed by atoms with van der Waals surface area (Å²) in [6.45, 7) is 6.94. The number of aromatic amines is 1. The maximum absolute atomic E-state index is 15.5. The van der Waals surface area contributed by atoms with Crippen LogP contribution in [0.1, 0.15) is 78.4 Å². The number of sulfonamides is 1. The number of pyridine rings is 1. The fourth-order valence-electron chi connectivity index (χ4n) is 8.11. The minimum Gasteiger partial charge on any atom is -0.345 e. The van der Waals surface area contributed by atoms with Crippen LogP contribution in [0.15, 0.2) is 67.3 Å². The zero-order valence-corrected chi connectivity index (χ0v) is 34.5. The molecule has 2 aromatic carbocycles. The van der Waals surface area contributed by atoms with E-state index in [0.717, 1.165) is 43.6 Å². The SMILES string of the molecule is CC(C)S(=O)(=O)Nc1ccc(F)c(C(=O)c2c[nH]c3ncc(-c4cnc(N5CCN(C(=O)CN6CCC(c7ccc(C8CCC(=O)NC8=O)cc7)CC6)CC5)nc4)cc23)c1F. The highest BCUT2D eigenvalue weighted by Gasteiger charge is 2.31. The first kappa shape index (κ1) is 41.6. The number of carbonyl (C=O) groups is 4. The molecule has 3 aliphatic heterocycles. The molecule has 1 unspecified atom stereocenters. The predicted molar refractivity (Wildman–Crippen MR) is 223 cm³/mol. The molecule has 3 N–H and O–H groups in total. The molecule has 1 atom stereocenters. The lowest BCUT2D eigenvalue weighted by atomic mass is 9.86. The number of rotatable bonds is 11. The van der Waals surface area contributed by atoms with Crippen molar-refractivity contribution in [2.45, 2.75) is 56.6 Å². The van der Waals surface area contributed by atoms with Gasteiger partial charge in [-0.05, 0) is 81.4 Å². The first-order valence-corrected chi connectivity index (χ1v) is 21.8. The fourth-order valence-corrected chi connectivity index (χ4v) is 8.81. The largest absolute Gasteiger partial charge is 0.345 e. The van der Waals surface area contributed by atoms with Crippen LogP contribution in [0.25, 0.3) is 22.2 Å². The molecule has 3 amide bonds. The summed E-state index contributed by atoms with van der Waals surface area (Å²) in [7, 11) is -3.97. The number of fused-ring (bicyclic) bond motifs is 1. The van der Waals surface area contributed by atoms with Gasteiger partial charge in [0.1, 0.15) is 11.5 Å². The summed E-state index contributed by atoms with van der Waals surface area (Å²) in [6.07, 6.45) is 8.85. The lowest BCUT2D eigenvalue weighted by Gasteiger charge is -2.37. The van der Waals surface area contributed by atoms with Crippen molar-refractivity contribution in [3.63, 3.8) is 0 Å². The minimum atomic E-state index is -3.97. The molecule has 0 aliphatic carbocycles. The Labute approximate surface area is 351 Å². The summed E-state index contributed by atoms with van der Waals surface area (Å²) in [5.74, 6) is -3.26. The number of nitrogens with one attached hydrogen (secondary N) is 3. The first-order valence-electron chi connectivity index (χ1n) is 20.3. The van der Waals surface area contributed by atoms with E-state index in [4.69, 9.17) is 0 Å². The highest BCUT2D eigenvalue weighted by atomic mass is 32.2. The maximum atomic E-state index is 15.5. The number of nitrogens with zero attached hydrogens (tertiary/aromatic N) is 6. The van der Waals surface area contributed by atoms with E-state index < -0.39 is 43.9 Å². The molecule has 15 nitrogen and oxygen atoms in total. The van der Waals surface area contributed by atoms with Crippen LogP contribution in [0.3, 0.4) is 0 Å². The number of carbonyl (C=O) groups excluding carboxylic acids is 4. The third kappa shape index (κ3) is 8.72. The number of hydrogen-bond acceptors (Lipinski definition) is 11. The Morgan fingerprint density at radius 2 is 1.54 bits per heavy atom. The zero-order valence-electron chi connectivity index (χ0n) is 33.7. The summed E-state index contributed by atoms with van der Waals surface area (Å²) >= 11 is 0. The molecule has 3 fully saturated rings. The lowest BCUT2D eigenvalue weighted by molar-refractivity contribution is -0.134. The molecule has 5 aromatic rings. The smallest absolute Gasteiger partial charge is 0.236 e. The molecule has 3 aliphatic rings. The Kier molecular flexibility index (Phi) is 11.6. The highest BCUT2D eigenvalue weighted by Crippen LogP contribution is 2.32. The van der Waals surface area contributed by atoms with Crippen LogP contribution in [0.5, 0.6) is 0 Å². The Balaban J connectivity index is 0.845. The molecule has 8 rings (SSSR count). The Morgan fingerprint density at radius 3 is 2.21 bits per heavy atom. The number of piperidine rings is 2. The van der Waals surface area contributed by atoms with E-state index in [0.29, 0.717) is 79.6 Å². The average Bonchev–Trinajstić information content (AvgIpc) is 3.69. The van der Waals surface area contributed by atoms with E-state index in [1.165, 1.54) is 25.6 Å². The van der Waals surface area contributed by atoms with Gasteiger partial charge in [0, 0.05) is 79.5 Å². The molecule has 61 heavy (non-hydrogen) atoms. The topological polar surface area (TPSA) is 191 Å². The summed E-state index contributed by atoms with van der Waals surface area (Å²) in [5, 5.41) is 1.83. The van der Waals surface area contributed by atoms with Crippen molar-refractivity contribution < 1.29 is 36.4 Å². The van der Waals surface area contributed by atoms with Crippen LogP contribution in [-0.2, 0) is 24.4 Å². The second kappa shape index (κ2) is 17.1. The van der Waals surface area contributed by atoms with E-state index in [-0.39, 0.29) is 29.2 Å². The second-order valence-electron chi connectivity index (χ2n) is 16.0. The number of likely N-dealkylation sites (tertiary alicyclic amines) is 1. The fraction of sp³-hybridized carbons (Fsp3) is 0.372. The number of benzene rings is 2. The molecule has 3 aromatic heterocycles. The van der Waals surface area contributed by atoms with Crippen molar-refractivity contribution in [2.24, 2.45) is 0 Å². The highest BCUT2D eigenvalue weighted by molar-refractivity contribution is 7.93. The van der Waals surface area contributed by atoms with Crippen molar-refractivity contribution in [2.75, 3.05) is 55.4 Å². The van der Waals surface area contributed by atoms with Gasteiger partial charge in [-0.1, -0.05) is 24.3 Å². The average molecular weight is 854 g/mol. The lowest BCUT2D eigenvalue weighted by Crippen LogP contribution is -2.52. The molecular weight excluding hydrogens is 809 g/mol. The van der Waals surface area contributed by atoms with Crippen LogP contribution in [-0.4, -0.2) is 113 Å². The van der Waals surface area contributed by atoms with Crippen LogP contribution < -0.4 is 14.9 Å². The van der Waals surface area contributed by atoms with Crippen LogP contribution >= 0.6 is 0 Å². The maximum Gasteiger partial charge on any atom is 0.236 e. The quantitative estimate of drug-likeness (QED) is 0.123. The van der Waals surface area contributed by atoms with Gasteiger partial charge in [0.15, 0.2) is 5.82 Å². The van der Waals surface area contributed by atoms with E-state index in [9.17, 15) is 32.0 Å². The molecule has 0 radical (unpaired) electrons. The van der Waals surface area contributed by atoms with Crippen LogP contribution in [0, 0.1) is 11.6 Å². The first-order chi connectivity index (χ1) is 29.3. The number of H-pyrrole nitrogens is 1. The molecule has 3 saturated heterocycles. The summed E-state index contributed by atoms with van der Waals surface area (Å²) in [4.78, 5) is 73.2. The van der Waals surface area contributed by atoms with Gasteiger partial charge in [-0.15, -0.1) is 0 Å². The standard InChI is InChI=1S/C43H45F2N9O6S/c1-25(2)61(59,60)51-35-9-8-34(44)38(39(35)45)40(57)33-23-47-41-32(33)19-29(20-46-41)30-21-48-43(49-22-30)54-17-15-53(16-18-54)37(56)24-52-13-11-27(12-14-52)26-3-5-28(6-4-26)31-7-10-36(55)50-42(31)58/h3-6,8-9,19-23,25,27,31,51H,7,10-18,24H2,1-2H3,(H,46,47)(H,50,55,58). The Hall–Kier alpha value is -6.14. The predicted octanol–water partition coefficient (Wildman–Crippen LogP) is 4.73. The second-order valence-corrected chi connectivity index (χ2v) is 18.2. The third-order valence-corrected chi connectivity index (χ3v) is 13.6. The van der Waals surface area contributed by atoms with Crippen molar-refractivity contribution in [3.8, 4) is 11.1 Å².